The SMILES string of the molecule is Cc1cn2cc(NC(=O)N3CCc4c(N5CCNCC5)ccnc43)cnc2n1. The molecule has 2 aliphatic rings. The maximum Gasteiger partial charge on any atom is 0.327 e. The van der Waals surface area contributed by atoms with E-state index in [0.717, 1.165) is 49.7 Å². The molecule has 3 aromatic rings. The molecule has 0 unspecified atom stereocenters. The molecule has 2 amide bonds. The lowest BCUT2D eigenvalue weighted by Crippen LogP contribution is -2.43. The van der Waals surface area contributed by atoms with E-state index in [1.165, 1.54) is 5.69 Å². The van der Waals surface area contributed by atoms with Crippen LogP contribution in [-0.4, -0.2) is 58.1 Å². The Morgan fingerprint density at radius 2 is 2.04 bits per heavy atom. The molecule has 0 bridgehead atoms. The van der Waals surface area contributed by atoms with Crippen molar-refractivity contribution in [3.05, 3.63) is 42.1 Å². The Hall–Kier alpha value is -3.20. The number of amides is 2. The first-order valence-corrected chi connectivity index (χ1v) is 9.52. The van der Waals surface area contributed by atoms with E-state index < -0.39 is 0 Å². The van der Waals surface area contributed by atoms with Gasteiger partial charge in [0.1, 0.15) is 5.82 Å². The number of hydrogen-bond donors (Lipinski definition) is 2. The number of fused-ring (bicyclic) bond motifs is 2. The van der Waals surface area contributed by atoms with Crippen LogP contribution in [0.1, 0.15) is 11.3 Å². The zero-order chi connectivity index (χ0) is 19.1. The third kappa shape index (κ3) is 2.93. The molecule has 1 fully saturated rings. The Morgan fingerprint density at radius 3 is 2.89 bits per heavy atom. The summed E-state index contributed by atoms with van der Waals surface area (Å²) < 4.78 is 1.81. The first-order valence-electron chi connectivity index (χ1n) is 9.52. The fraction of sp³-hybridized carbons (Fsp3) is 0.368. The van der Waals surface area contributed by atoms with Crippen LogP contribution in [-0.2, 0) is 6.42 Å². The normalized spacial score (nSPS) is 16.5. The van der Waals surface area contributed by atoms with Crippen LogP contribution in [0.5, 0.6) is 0 Å². The minimum Gasteiger partial charge on any atom is -0.369 e. The zero-order valence-corrected chi connectivity index (χ0v) is 15.7. The fourth-order valence-electron chi connectivity index (χ4n) is 3.93. The molecule has 9 heteroatoms. The molecular formula is C19H22N8O. The van der Waals surface area contributed by atoms with Crippen molar-refractivity contribution in [2.24, 2.45) is 0 Å². The quantitative estimate of drug-likeness (QED) is 0.701. The number of nitrogens with zero attached hydrogens (tertiary/aromatic N) is 6. The van der Waals surface area contributed by atoms with Gasteiger partial charge in [-0.15, -0.1) is 0 Å². The van der Waals surface area contributed by atoms with Crippen molar-refractivity contribution in [1.82, 2.24) is 24.7 Å². The smallest absolute Gasteiger partial charge is 0.327 e. The zero-order valence-electron chi connectivity index (χ0n) is 15.7. The summed E-state index contributed by atoms with van der Waals surface area (Å²) in [6.07, 6.45) is 7.94. The van der Waals surface area contributed by atoms with Crippen LogP contribution in [0.25, 0.3) is 5.78 Å². The van der Waals surface area contributed by atoms with Crippen LogP contribution >= 0.6 is 0 Å². The average molecular weight is 378 g/mol. The lowest BCUT2D eigenvalue weighted by atomic mass is 10.1. The number of imidazole rings is 1. The Kier molecular flexibility index (Phi) is 4.09. The highest BCUT2D eigenvalue weighted by molar-refractivity contribution is 6.02. The van der Waals surface area contributed by atoms with Gasteiger partial charge >= 0.3 is 6.03 Å². The second-order valence-corrected chi connectivity index (χ2v) is 7.13. The van der Waals surface area contributed by atoms with E-state index in [-0.39, 0.29) is 6.03 Å². The molecule has 0 radical (unpaired) electrons. The number of hydrogen-bond acceptors (Lipinski definition) is 6. The van der Waals surface area contributed by atoms with Gasteiger partial charge in [0, 0.05) is 62.6 Å². The largest absolute Gasteiger partial charge is 0.369 e. The summed E-state index contributed by atoms with van der Waals surface area (Å²) in [6.45, 7) is 6.43. The maximum absolute atomic E-state index is 12.9. The van der Waals surface area contributed by atoms with Crippen LogP contribution in [0.15, 0.2) is 30.9 Å². The van der Waals surface area contributed by atoms with Gasteiger partial charge < -0.3 is 15.5 Å². The minimum absolute atomic E-state index is 0.193. The summed E-state index contributed by atoms with van der Waals surface area (Å²) in [5, 5.41) is 6.31. The van der Waals surface area contributed by atoms with E-state index in [1.54, 1.807) is 17.3 Å². The Morgan fingerprint density at radius 1 is 1.18 bits per heavy atom. The molecule has 0 aliphatic carbocycles. The van der Waals surface area contributed by atoms with Crippen molar-refractivity contribution in [3.8, 4) is 0 Å². The number of anilines is 3. The summed E-state index contributed by atoms with van der Waals surface area (Å²) in [5.41, 5.74) is 3.85. The predicted octanol–water partition coefficient (Wildman–Crippen LogP) is 1.44. The first-order chi connectivity index (χ1) is 13.7. The number of urea groups is 1. The summed E-state index contributed by atoms with van der Waals surface area (Å²) in [5.74, 6) is 1.37. The van der Waals surface area contributed by atoms with E-state index in [4.69, 9.17) is 0 Å². The molecule has 2 N–H and O–H groups in total. The molecule has 28 heavy (non-hydrogen) atoms. The number of rotatable bonds is 2. The lowest BCUT2D eigenvalue weighted by molar-refractivity contribution is 0.257. The number of nitrogens with one attached hydrogen (secondary N) is 2. The van der Waals surface area contributed by atoms with Gasteiger partial charge in [0.2, 0.25) is 5.78 Å². The Labute approximate surface area is 162 Å². The third-order valence-corrected chi connectivity index (χ3v) is 5.23. The van der Waals surface area contributed by atoms with Crippen LogP contribution < -0.4 is 20.4 Å². The summed E-state index contributed by atoms with van der Waals surface area (Å²) >= 11 is 0. The molecule has 1 saturated heterocycles. The summed E-state index contributed by atoms with van der Waals surface area (Å²) in [4.78, 5) is 30.1. The first kappa shape index (κ1) is 16.9. The van der Waals surface area contributed by atoms with Crippen LogP contribution in [0, 0.1) is 6.92 Å². The minimum atomic E-state index is -0.193. The number of carbonyl (C=O) groups is 1. The summed E-state index contributed by atoms with van der Waals surface area (Å²) in [7, 11) is 0. The van der Waals surface area contributed by atoms with Gasteiger partial charge in [-0.2, -0.15) is 0 Å². The van der Waals surface area contributed by atoms with Crippen molar-refractivity contribution in [1.29, 1.82) is 0 Å². The molecule has 0 aromatic carbocycles. The lowest BCUT2D eigenvalue weighted by Gasteiger charge is -2.30. The molecular weight excluding hydrogens is 356 g/mol. The van der Waals surface area contributed by atoms with Crippen LogP contribution in [0.2, 0.25) is 0 Å². The molecule has 144 valence electrons. The van der Waals surface area contributed by atoms with E-state index in [1.807, 2.05) is 23.7 Å². The van der Waals surface area contributed by atoms with E-state index in [0.29, 0.717) is 18.0 Å². The maximum atomic E-state index is 12.9. The highest BCUT2D eigenvalue weighted by atomic mass is 16.2. The topological polar surface area (TPSA) is 90.7 Å². The van der Waals surface area contributed by atoms with Crippen molar-refractivity contribution < 1.29 is 4.79 Å². The summed E-state index contributed by atoms with van der Waals surface area (Å²) in [6, 6.07) is 1.87. The van der Waals surface area contributed by atoms with Gasteiger partial charge in [0.05, 0.1) is 17.6 Å². The van der Waals surface area contributed by atoms with E-state index in [9.17, 15) is 4.79 Å². The third-order valence-electron chi connectivity index (χ3n) is 5.23. The van der Waals surface area contributed by atoms with Crippen LogP contribution in [0.4, 0.5) is 22.0 Å². The number of aryl methyl sites for hydroxylation is 1. The van der Waals surface area contributed by atoms with Gasteiger partial charge in [-0.1, -0.05) is 0 Å². The van der Waals surface area contributed by atoms with Gasteiger partial charge in [-0.25, -0.2) is 19.7 Å². The Balaban J connectivity index is 1.38. The van der Waals surface area contributed by atoms with Gasteiger partial charge in [0.25, 0.3) is 0 Å². The molecule has 2 aliphatic heterocycles. The number of piperazine rings is 1. The molecule has 9 nitrogen and oxygen atoms in total. The van der Waals surface area contributed by atoms with Crippen molar-refractivity contribution in [3.63, 3.8) is 0 Å². The van der Waals surface area contributed by atoms with E-state index in [2.05, 4.69) is 36.6 Å². The number of carbonyl (C=O) groups excluding carboxylic acids is 1. The number of aromatic nitrogens is 4. The molecule has 3 aromatic heterocycles. The number of pyridine rings is 1. The second-order valence-electron chi connectivity index (χ2n) is 7.13. The molecule has 5 rings (SSSR count). The van der Waals surface area contributed by atoms with Gasteiger partial charge in [-0.3, -0.25) is 9.30 Å². The molecule has 0 atom stereocenters. The van der Waals surface area contributed by atoms with Crippen molar-refractivity contribution >= 4 is 29.0 Å². The van der Waals surface area contributed by atoms with Crippen molar-refractivity contribution in [2.45, 2.75) is 13.3 Å². The van der Waals surface area contributed by atoms with E-state index >= 15 is 0 Å². The van der Waals surface area contributed by atoms with Crippen LogP contribution in [0.3, 0.4) is 0 Å². The molecule has 0 saturated carbocycles. The predicted molar refractivity (Wildman–Crippen MR) is 107 cm³/mol. The monoisotopic (exact) mass is 378 g/mol. The fourth-order valence-corrected chi connectivity index (χ4v) is 3.93. The second kappa shape index (κ2) is 6.75. The van der Waals surface area contributed by atoms with Crippen molar-refractivity contribution in [2.75, 3.05) is 47.8 Å². The standard InChI is InChI=1S/C19H22N8O/c1-13-11-26-12-14(10-22-18(26)23-13)24-19(28)27-7-3-15-16(2-4-21-17(15)27)25-8-5-20-6-9-25/h2,4,10-12,20H,3,5-9H2,1H3,(H,24,28). The van der Waals surface area contributed by atoms with Gasteiger partial charge in [-0.05, 0) is 19.4 Å². The highest BCUT2D eigenvalue weighted by Gasteiger charge is 2.30. The average Bonchev–Trinajstić information content (AvgIpc) is 3.30. The molecule has 0 spiro atoms. The van der Waals surface area contributed by atoms with Gasteiger partial charge in [0.15, 0.2) is 0 Å². The highest BCUT2D eigenvalue weighted by Crippen LogP contribution is 2.34. The molecule has 5 heterocycles. The Bertz CT molecular complexity index is 1040.